The van der Waals surface area contributed by atoms with Crippen LogP contribution in [0.3, 0.4) is 0 Å². The summed E-state index contributed by atoms with van der Waals surface area (Å²) in [6.07, 6.45) is -16.1. The Hall–Kier alpha value is -3.75. The Balaban J connectivity index is 1.60. The van der Waals surface area contributed by atoms with Gasteiger partial charge in [0, 0.05) is 24.3 Å². The molecule has 3 aromatic rings. The number of hydrogen-bond acceptors (Lipinski definition) is 16. The van der Waals surface area contributed by atoms with Gasteiger partial charge in [0.25, 0.3) is 0 Å². The fraction of sp³-hybridized carbons (Fsp3) is 0.483. The van der Waals surface area contributed by atoms with Crippen molar-refractivity contribution < 1.29 is 83.9 Å². The number of aliphatic hydroxyl groups is 8. The monoisotopic (exact) mass is 655 g/mol. The molecule has 252 valence electrons. The Morgan fingerprint density at radius 3 is 1.67 bits per heavy atom. The lowest BCUT2D eigenvalue weighted by Crippen LogP contribution is -2.60. The number of phenolic OH excluding ortho intramolecular Hbond substituents is 2. The summed E-state index contributed by atoms with van der Waals surface area (Å²) in [6.45, 7) is -1.41. The molecule has 0 aliphatic carbocycles. The molecule has 2 aliphatic heterocycles. The molecule has 3 heterocycles. The maximum absolute atomic E-state index is 11.0. The van der Waals surface area contributed by atoms with Gasteiger partial charge in [-0.15, -0.1) is 0 Å². The van der Waals surface area contributed by atoms with Crippen molar-refractivity contribution in [3.8, 4) is 45.8 Å². The molecule has 0 spiro atoms. The van der Waals surface area contributed by atoms with E-state index in [1.165, 1.54) is 38.5 Å². The molecule has 2 saturated heterocycles. The molecule has 1 aromatic heterocycles. The van der Waals surface area contributed by atoms with E-state index in [-0.39, 0.29) is 51.0 Å². The average Bonchev–Trinajstić information content (AvgIpc) is 3.05. The van der Waals surface area contributed by atoms with Crippen LogP contribution >= 0.6 is 0 Å². The lowest BCUT2D eigenvalue weighted by atomic mass is 9.99. The van der Waals surface area contributed by atoms with Crippen molar-refractivity contribution >= 4 is 11.0 Å². The van der Waals surface area contributed by atoms with E-state index in [1.54, 1.807) is 0 Å². The van der Waals surface area contributed by atoms with Gasteiger partial charge in [-0.2, -0.15) is 0 Å². The fourth-order valence-corrected chi connectivity index (χ4v) is 5.14. The highest BCUT2D eigenvalue weighted by atomic mass is 16.7. The molecule has 17 nitrogen and oxygen atoms in total. The van der Waals surface area contributed by atoms with Gasteiger partial charge in [0.15, 0.2) is 11.5 Å². The van der Waals surface area contributed by atoms with Crippen LogP contribution in [-0.4, -0.2) is 140 Å². The van der Waals surface area contributed by atoms with Crippen LogP contribution in [-0.2, 0) is 9.47 Å². The first-order chi connectivity index (χ1) is 21.9. The van der Waals surface area contributed by atoms with Crippen LogP contribution < -0.4 is 18.9 Å². The molecule has 0 bridgehead atoms. The molecule has 2 aromatic carbocycles. The second kappa shape index (κ2) is 13.5. The standard InChI is InChI=1S/C29H34O17/c1-40-15-3-10(4-16(41-2)20(15)33)27-17(44-29-26(39)24(37)22(35)19(9-31)46-29)7-12-13(32)5-11(6-14(12)43-27)42-28-25(38)23(36)21(34)18(8-30)45-28/h3-7,18-19,21-26,28-31,34-39H,8-9H2,1-2H3,(H-,32,33)/p+1/t18?,19?,21-,22-,23+,24?,25?,26?,28-,29-/m1/s1. The summed E-state index contributed by atoms with van der Waals surface area (Å²) in [7, 11) is 2.59. The van der Waals surface area contributed by atoms with Crippen LogP contribution in [0.1, 0.15) is 0 Å². The maximum atomic E-state index is 11.0. The van der Waals surface area contributed by atoms with Gasteiger partial charge in [-0.3, -0.25) is 0 Å². The van der Waals surface area contributed by atoms with E-state index in [4.69, 9.17) is 32.8 Å². The number of ether oxygens (including phenoxy) is 6. The van der Waals surface area contributed by atoms with Gasteiger partial charge in [-0.25, -0.2) is 4.42 Å². The van der Waals surface area contributed by atoms with Gasteiger partial charge < -0.3 is 79.5 Å². The summed E-state index contributed by atoms with van der Waals surface area (Å²) in [5.74, 6) is -1.30. The van der Waals surface area contributed by atoms with Gasteiger partial charge in [0.2, 0.25) is 24.1 Å². The molecule has 0 radical (unpaired) electrons. The Bertz CT molecular complexity index is 1500. The van der Waals surface area contributed by atoms with Crippen LogP contribution in [0.15, 0.2) is 34.7 Å². The van der Waals surface area contributed by atoms with Crippen LogP contribution in [0.4, 0.5) is 0 Å². The SMILES string of the molecule is COc1cc(-c2[o+]c3cc(O[C@@H]4OC(CO)[C@@H](O)[C@H](O)C4O)cc(O)c3cc2O[C@@H]2OC(CO)[C@@H](O)C(O)C2O)cc(OC)c1O. The Morgan fingerprint density at radius 1 is 0.652 bits per heavy atom. The van der Waals surface area contributed by atoms with Crippen LogP contribution in [0.25, 0.3) is 22.3 Å². The summed E-state index contributed by atoms with van der Waals surface area (Å²) in [5, 5.41) is 102. The zero-order valence-corrected chi connectivity index (χ0v) is 24.4. The predicted molar refractivity (Wildman–Crippen MR) is 151 cm³/mol. The van der Waals surface area contributed by atoms with Crippen molar-refractivity contribution in [1.82, 2.24) is 0 Å². The first-order valence-corrected chi connectivity index (χ1v) is 14.0. The zero-order valence-electron chi connectivity index (χ0n) is 24.4. The largest absolute Gasteiger partial charge is 0.507 e. The fourth-order valence-electron chi connectivity index (χ4n) is 5.14. The number of fused-ring (bicyclic) bond motifs is 1. The van der Waals surface area contributed by atoms with Crippen molar-refractivity contribution in [1.29, 1.82) is 0 Å². The Morgan fingerprint density at radius 2 is 1.17 bits per heavy atom. The van der Waals surface area contributed by atoms with E-state index >= 15 is 0 Å². The third kappa shape index (κ3) is 6.17. The molecule has 10 N–H and O–H groups in total. The van der Waals surface area contributed by atoms with E-state index in [0.29, 0.717) is 0 Å². The Labute approximate surface area is 260 Å². The van der Waals surface area contributed by atoms with Crippen molar-refractivity contribution in [2.45, 2.75) is 61.4 Å². The maximum Gasteiger partial charge on any atom is 0.402 e. The number of aliphatic hydroxyl groups excluding tert-OH is 8. The second-order valence-electron chi connectivity index (χ2n) is 10.7. The van der Waals surface area contributed by atoms with Crippen LogP contribution in [0.2, 0.25) is 0 Å². The number of hydrogen-bond donors (Lipinski definition) is 10. The molecule has 5 unspecified atom stereocenters. The molecular formula is C29H35O17+. The molecule has 2 fully saturated rings. The Kier molecular flexibility index (Phi) is 9.89. The molecule has 10 atom stereocenters. The summed E-state index contributed by atoms with van der Waals surface area (Å²) in [5.41, 5.74) is 0.120. The first kappa shape index (κ1) is 33.6. The summed E-state index contributed by atoms with van der Waals surface area (Å²) < 4.78 is 39.0. The molecule has 17 heteroatoms. The van der Waals surface area contributed by atoms with E-state index in [0.717, 1.165) is 6.07 Å². The number of phenols is 2. The van der Waals surface area contributed by atoms with Gasteiger partial charge in [-0.1, -0.05) is 0 Å². The van der Waals surface area contributed by atoms with Crippen molar-refractivity contribution in [3.05, 3.63) is 30.3 Å². The first-order valence-electron chi connectivity index (χ1n) is 14.0. The quantitative estimate of drug-likeness (QED) is 0.114. The highest BCUT2D eigenvalue weighted by Crippen LogP contribution is 2.45. The van der Waals surface area contributed by atoms with Gasteiger partial charge in [0.1, 0.15) is 65.7 Å². The summed E-state index contributed by atoms with van der Waals surface area (Å²) in [4.78, 5) is 0. The van der Waals surface area contributed by atoms with E-state index in [2.05, 4.69) is 0 Å². The van der Waals surface area contributed by atoms with Crippen LogP contribution in [0, 0.1) is 0 Å². The predicted octanol–water partition coefficient (Wildman–Crippen LogP) is -1.83. The number of methoxy groups -OCH3 is 2. The van der Waals surface area contributed by atoms with E-state index < -0.39 is 80.4 Å². The van der Waals surface area contributed by atoms with Gasteiger partial charge in [0.05, 0.1) is 39.1 Å². The lowest BCUT2D eigenvalue weighted by Gasteiger charge is -2.39. The average molecular weight is 656 g/mol. The number of aromatic hydroxyl groups is 2. The lowest BCUT2D eigenvalue weighted by molar-refractivity contribution is -0.277. The number of rotatable bonds is 9. The third-order valence-electron chi connectivity index (χ3n) is 7.74. The molecular weight excluding hydrogens is 620 g/mol. The zero-order chi connectivity index (χ0) is 33.4. The van der Waals surface area contributed by atoms with Crippen LogP contribution in [0.5, 0.6) is 34.5 Å². The number of benzene rings is 2. The molecule has 0 amide bonds. The molecule has 2 aliphatic rings. The molecule has 0 saturated carbocycles. The highest BCUT2D eigenvalue weighted by Gasteiger charge is 2.47. The summed E-state index contributed by atoms with van der Waals surface area (Å²) in [6, 6.07) is 6.40. The van der Waals surface area contributed by atoms with Gasteiger partial charge >= 0.3 is 11.3 Å². The minimum absolute atomic E-state index is 0.0159. The topological polar surface area (TPSA) is 269 Å². The van der Waals surface area contributed by atoms with Crippen molar-refractivity contribution in [2.24, 2.45) is 0 Å². The minimum Gasteiger partial charge on any atom is -0.507 e. The van der Waals surface area contributed by atoms with Crippen molar-refractivity contribution in [2.75, 3.05) is 27.4 Å². The summed E-state index contributed by atoms with van der Waals surface area (Å²) >= 11 is 0. The molecule has 46 heavy (non-hydrogen) atoms. The third-order valence-corrected chi connectivity index (χ3v) is 7.74. The smallest absolute Gasteiger partial charge is 0.402 e. The normalized spacial score (nSPS) is 31.4. The van der Waals surface area contributed by atoms with E-state index in [1.807, 2.05) is 0 Å². The van der Waals surface area contributed by atoms with Crippen molar-refractivity contribution in [3.63, 3.8) is 0 Å². The second-order valence-corrected chi connectivity index (χ2v) is 10.7. The minimum atomic E-state index is -1.80. The van der Waals surface area contributed by atoms with E-state index in [9.17, 15) is 51.1 Å². The molecule has 5 rings (SSSR count). The highest BCUT2D eigenvalue weighted by molar-refractivity contribution is 5.89. The van der Waals surface area contributed by atoms with Gasteiger partial charge in [-0.05, 0) is 0 Å².